The average molecular weight is 549 g/mol. The first-order valence-corrected chi connectivity index (χ1v) is 14.4. The predicted octanol–water partition coefficient (Wildman–Crippen LogP) is 2.55. The first-order chi connectivity index (χ1) is 17.8. The van der Waals surface area contributed by atoms with E-state index in [0.29, 0.717) is 23.2 Å². The SMILES string of the molecule is CN[C@@H](C)C(=O)N[C@H](C(=O)N1CCC[C@H]1C(=O)NC1SC(N)=NC1c1cccc(Cl)c1)C1CCCCC1. The molecule has 2 aliphatic heterocycles. The van der Waals surface area contributed by atoms with Gasteiger partial charge >= 0.3 is 0 Å². The molecule has 3 aliphatic rings. The molecule has 202 valence electrons. The topological polar surface area (TPSA) is 129 Å². The van der Waals surface area contributed by atoms with Crippen LogP contribution in [-0.4, -0.2) is 64.9 Å². The number of halogens is 1. The van der Waals surface area contributed by atoms with E-state index in [2.05, 4.69) is 20.9 Å². The van der Waals surface area contributed by atoms with Crippen molar-refractivity contribution in [1.82, 2.24) is 20.9 Å². The molecule has 37 heavy (non-hydrogen) atoms. The largest absolute Gasteiger partial charge is 0.378 e. The molecule has 1 aromatic rings. The van der Waals surface area contributed by atoms with Crippen LogP contribution in [0.2, 0.25) is 5.02 Å². The van der Waals surface area contributed by atoms with E-state index in [-0.39, 0.29) is 29.7 Å². The number of carbonyl (C=O) groups excluding carboxylic acids is 3. The third kappa shape index (κ3) is 6.59. The van der Waals surface area contributed by atoms with Crippen molar-refractivity contribution in [2.24, 2.45) is 16.6 Å². The van der Waals surface area contributed by atoms with Crippen LogP contribution in [0.5, 0.6) is 0 Å². The number of rotatable bonds is 8. The molecular formula is C26H37ClN6O3S. The molecule has 1 aromatic carbocycles. The lowest BCUT2D eigenvalue weighted by Gasteiger charge is -2.35. The van der Waals surface area contributed by atoms with Crippen LogP contribution in [-0.2, 0) is 14.4 Å². The molecule has 11 heteroatoms. The maximum Gasteiger partial charge on any atom is 0.246 e. The Kier molecular flexibility index (Phi) is 9.36. The lowest BCUT2D eigenvalue weighted by molar-refractivity contribution is -0.143. The molecule has 3 amide bonds. The van der Waals surface area contributed by atoms with Crippen LogP contribution in [0, 0.1) is 5.92 Å². The van der Waals surface area contributed by atoms with Crippen molar-refractivity contribution in [3.05, 3.63) is 34.9 Å². The fraction of sp³-hybridized carbons (Fsp3) is 0.615. The number of likely N-dealkylation sites (tertiary alicyclic amines) is 1. The van der Waals surface area contributed by atoms with Crippen molar-refractivity contribution in [3.8, 4) is 0 Å². The summed E-state index contributed by atoms with van der Waals surface area (Å²) in [6.07, 6.45) is 6.33. The molecule has 0 bridgehead atoms. The molecule has 0 spiro atoms. The standard InChI is InChI=1S/C26H37ClN6O3S/c1-15(29-2)22(34)30-21(16-8-4-3-5-9-16)25(36)33-13-7-12-19(33)23(35)32-24-20(31-26(28)37-24)17-10-6-11-18(27)14-17/h6,10-11,14-16,19-21,24,29H,3-5,7-9,12-13H2,1-2H3,(H2,28,31)(H,30,34)(H,32,35)/t15-,19-,20?,21-,24?/m0/s1. The molecule has 2 fully saturated rings. The Morgan fingerprint density at radius 2 is 1.92 bits per heavy atom. The Morgan fingerprint density at radius 3 is 2.62 bits per heavy atom. The zero-order valence-electron chi connectivity index (χ0n) is 21.4. The van der Waals surface area contributed by atoms with Crippen LogP contribution in [0.4, 0.5) is 0 Å². The van der Waals surface area contributed by atoms with E-state index in [1.54, 1.807) is 24.9 Å². The third-order valence-electron chi connectivity index (χ3n) is 7.63. The lowest BCUT2D eigenvalue weighted by Crippen LogP contribution is -2.58. The van der Waals surface area contributed by atoms with Gasteiger partial charge in [-0.2, -0.15) is 0 Å². The molecule has 2 heterocycles. The summed E-state index contributed by atoms with van der Waals surface area (Å²) in [7, 11) is 1.72. The molecule has 9 nitrogen and oxygen atoms in total. The minimum Gasteiger partial charge on any atom is -0.378 e. The number of benzene rings is 1. The minimum atomic E-state index is -0.629. The second-order valence-electron chi connectivity index (χ2n) is 10.1. The number of aliphatic imine (C=N–C) groups is 1. The summed E-state index contributed by atoms with van der Waals surface area (Å²) < 4.78 is 0. The summed E-state index contributed by atoms with van der Waals surface area (Å²) in [4.78, 5) is 46.3. The van der Waals surface area contributed by atoms with Crippen LogP contribution in [0.3, 0.4) is 0 Å². The number of nitrogens with one attached hydrogen (secondary N) is 3. The number of thioether (sulfide) groups is 1. The Bertz CT molecular complexity index is 1030. The van der Waals surface area contributed by atoms with Gasteiger partial charge in [-0.25, -0.2) is 0 Å². The highest BCUT2D eigenvalue weighted by molar-refractivity contribution is 8.14. The number of amidine groups is 1. The second kappa shape index (κ2) is 12.5. The van der Waals surface area contributed by atoms with Crippen molar-refractivity contribution in [2.75, 3.05) is 13.6 Å². The van der Waals surface area contributed by atoms with Gasteiger partial charge in [0.05, 0.1) is 6.04 Å². The smallest absolute Gasteiger partial charge is 0.246 e. The van der Waals surface area contributed by atoms with Gasteiger partial charge in [0.15, 0.2) is 5.17 Å². The number of hydrogen-bond donors (Lipinski definition) is 4. The van der Waals surface area contributed by atoms with Crippen molar-refractivity contribution in [1.29, 1.82) is 0 Å². The summed E-state index contributed by atoms with van der Waals surface area (Å²) in [6, 6.07) is 5.36. The molecular weight excluding hydrogens is 512 g/mol. The van der Waals surface area contributed by atoms with Crippen molar-refractivity contribution in [3.63, 3.8) is 0 Å². The van der Waals surface area contributed by atoms with Gasteiger partial charge in [-0.1, -0.05) is 54.8 Å². The number of likely N-dealkylation sites (N-methyl/N-ethyl adjacent to an activating group) is 1. The quantitative estimate of drug-likeness (QED) is 0.395. The Labute approximate surface area is 227 Å². The summed E-state index contributed by atoms with van der Waals surface area (Å²) in [5, 5.41) is 9.63. The van der Waals surface area contributed by atoms with Crippen LogP contribution < -0.4 is 21.7 Å². The summed E-state index contributed by atoms with van der Waals surface area (Å²) in [5.41, 5.74) is 6.88. The summed E-state index contributed by atoms with van der Waals surface area (Å²) >= 11 is 7.48. The van der Waals surface area contributed by atoms with E-state index in [0.717, 1.165) is 44.1 Å². The Hall–Kier alpha value is -2.30. The number of nitrogens with zero attached hydrogens (tertiary/aromatic N) is 2. The molecule has 1 saturated carbocycles. The minimum absolute atomic E-state index is 0.0735. The van der Waals surface area contributed by atoms with Gasteiger partial charge in [-0.3, -0.25) is 19.4 Å². The van der Waals surface area contributed by atoms with Crippen LogP contribution >= 0.6 is 23.4 Å². The fourth-order valence-electron chi connectivity index (χ4n) is 5.45. The highest BCUT2D eigenvalue weighted by Crippen LogP contribution is 2.36. The highest BCUT2D eigenvalue weighted by Gasteiger charge is 2.42. The van der Waals surface area contributed by atoms with Gasteiger partial charge in [0.25, 0.3) is 0 Å². The second-order valence-corrected chi connectivity index (χ2v) is 11.7. The number of carbonyl (C=O) groups is 3. The van der Waals surface area contributed by atoms with Gasteiger partial charge in [0.2, 0.25) is 17.7 Å². The summed E-state index contributed by atoms with van der Waals surface area (Å²) in [6.45, 7) is 2.26. The maximum absolute atomic E-state index is 13.9. The number of amides is 3. The molecule has 2 unspecified atom stereocenters. The van der Waals surface area contributed by atoms with E-state index in [9.17, 15) is 14.4 Å². The zero-order valence-corrected chi connectivity index (χ0v) is 23.0. The lowest BCUT2D eigenvalue weighted by atomic mass is 9.83. The molecule has 0 radical (unpaired) electrons. The fourth-order valence-corrected chi connectivity index (χ4v) is 6.61. The highest BCUT2D eigenvalue weighted by atomic mass is 35.5. The van der Waals surface area contributed by atoms with Gasteiger partial charge in [-0.05, 0) is 63.3 Å². The monoisotopic (exact) mass is 548 g/mol. The van der Waals surface area contributed by atoms with Crippen LogP contribution in [0.1, 0.15) is 63.5 Å². The van der Waals surface area contributed by atoms with Gasteiger partial charge in [0, 0.05) is 11.6 Å². The number of hydrogen-bond acceptors (Lipinski definition) is 7. The van der Waals surface area contributed by atoms with Crippen LogP contribution in [0.25, 0.3) is 0 Å². The van der Waals surface area contributed by atoms with Crippen molar-refractivity contribution in [2.45, 2.75) is 81.4 Å². The van der Waals surface area contributed by atoms with E-state index in [4.69, 9.17) is 17.3 Å². The van der Waals surface area contributed by atoms with E-state index in [1.165, 1.54) is 11.8 Å². The van der Waals surface area contributed by atoms with Gasteiger partial charge in [0.1, 0.15) is 23.5 Å². The zero-order chi connectivity index (χ0) is 26.5. The Morgan fingerprint density at radius 1 is 1.16 bits per heavy atom. The molecule has 5 atom stereocenters. The maximum atomic E-state index is 13.9. The summed E-state index contributed by atoms with van der Waals surface area (Å²) in [5.74, 6) is -0.518. The molecule has 1 aliphatic carbocycles. The van der Waals surface area contributed by atoms with Gasteiger partial charge in [-0.15, -0.1) is 0 Å². The normalized spacial score (nSPS) is 25.9. The first-order valence-electron chi connectivity index (χ1n) is 13.1. The predicted molar refractivity (Wildman–Crippen MR) is 147 cm³/mol. The Balaban J connectivity index is 1.48. The van der Waals surface area contributed by atoms with E-state index >= 15 is 0 Å². The molecule has 4 rings (SSSR count). The molecule has 5 N–H and O–H groups in total. The van der Waals surface area contributed by atoms with Gasteiger partial charge < -0.3 is 26.6 Å². The van der Waals surface area contributed by atoms with Crippen molar-refractivity contribution < 1.29 is 14.4 Å². The molecule has 1 saturated heterocycles. The number of nitrogens with two attached hydrogens (primary N) is 1. The van der Waals surface area contributed by atoms with E-state index < -0.39 is 23.5 Å². The third-order valence-corrected chi connectivity index (χ3v) is 8.84. The average Bonchev–Trinajstić information content (AvgIpc) is 3.53. The molecule has 0 aromatic heterocycles. The van der Waals surface area contributed by atoms with Crippen molar-refractivity contribution >= 4 is 46.3 Å². The van der Waals surface area contributed by atoms with E-state index in [1.807, 2.05) is 18.2 Å². The van der Waals surface area contributed by atoms with Crippen LogP contribution in [0.15, 0.2) is 29.3 Å². The first kappa shape index (κ1) is 27.7.